The maximum atomic E-state index is 12.5. The Morgan fingerprint density at radius 2 is 1.89 bits per heavy atom. The topological polar surface area (TPSA) is 106 Å². The molecule has 4 N–H and O–H groups in total. The summed E-state index contributed by atoms with van der Waals surface area (Å²) in [6, 6.07) is 11.7. The highest BCUT2D eigenvalue weighted by atomic mass is 35.5. The van der Waals surface area contributed by atoms with Crippen LogP contribution in [0, 0.1) is 0 Å². The van der Waals surface area contributed by atoms with E-state index in [0.717, 1.165) is 16.8 Å². The lowest BCUT2D eigenvalue weighted by molar-refractivity contribution is 0.100. The quantitative estimate of drug-likeness (QED) is 0.504. The van der Waals surface area contributed by atoms with E-state index in [-0.39, 0.29) is 10.6 Å². The van der Waals surface area contributed by atoms with Gasteiger partial charge < -0.3 is 21.2 Å². The first-order valence-corrected chi connectivity index (χ1v) is 8.89. The molecule has 0 saturated heterocycles. The Bertz CT molecular complexity index is 925. The van der Waals surface area contributed by atoms with E-state index >= 15 is 0 Å². The largest absolute Gasteiger partial charge is 0.399 e. The third kappa shape index (κ3) is 5.23. The summed E-state index contributed by atoms with van der Waals surface area (Å²) in [5.74, 6) is -0.667. The molecular formula is C20H23ClN4O3. The summed E-state index contributed by atoms with van der Waals surface area (Å²) in [5.41, 5.74) is 7.65. The van der Waals surface area contributed by atoms with E-state index in [2.05, 4.69) is 15.8 Å². The molecule has 0 aliphatic carbocycles. The molecule has 7 nitrogen and oxygen atoms in total. The Morgan fingerprint density at radius 1 is 1.18 bits per heavy atom. The first kappa shape index (κ1) is 21.2. The number of primary amides is 1. The lowest BCUT2D eigenvalue weighted by atomic mass is 9.92. The van der Waals surface area contributed by atoms with Gasteiger partial charge in [-0.15, -0.1) is 0 Å². The maximum Gasteiger partial charge on any atom is 0.319 e. The lowest BCUT2D eigenvalue weighted by Gasteiger charge is -2.27. The zero-order chi connectivity index (χ0) is 20.9. The number of hydrogen-bond acceptors (Lipinski definition) is 4. The van der Waals surface area contributed by atoms with Crippen molar-refractivity contribution in [2.24, 2.45) is 10.9 Å². The van der Waals surface area contributed by atoms with Crippen LogP contribution in [0.2, 0.25) is 5.02 Å². The third-order valence-electron chi connectivity index (χ3n) is 4.15. The van der Waals surface area contributed by atoms with Gasteiger partial charge in [0.05, 0.1) is 21.8 Å². The second-order valence-corrected chi connectivity index (χ2v) is 7.11. The van der Waals surface area contributed by atoms with Crippen molar-refractivity contribution >= 4 is 34.9 Å². The van der Waals surface area contributed by atoms with E-state index in [1.807, 2.05) is 45.0 Å². The molecule has 0 heterocycles. The molecule has 0 saturated carbocycles. The summed E-state index contributed by atoms with van der Waals surface area (Å²) in [5, 5.41) is 9.76. The second-order valence-electron chi connectivity index (χ2n) is 6.70. The van der Waals surface area contributed by atoms with Gasteiger partial charge in [-0.25, -0.2) is 4.79 Å². The van der Waals surface area contributed by atoms with Gasteiger partial charge in [-0.1, -0.05) is 35.0 Å². The first-order valence-electron chi connectivity index (χ1n) is 8.51. The molecule has 0 bridgehead atoms. The van der Waals surface area contributed by atoms with Crippen LogP contribution in [-0.4, -0.2) is 24.8 Å². The highest BCUT2D eigenvalue weighted by molar-refractivity contribution is 6.34. The molecule has 0 atom stereocenters. The predicted molar refractivity (Wildman–Crippen MR) is 111 cm³/mol. The number of amides is 3. The van der Waals surface area contributed by atoms with E-state index in [1.54, 1.807) is 6.07 Å². The number of carbonyl (C=O) groups is 2. The van der Waals surface area contributed by atoms with Gasteiger partial charge in [-0.2, -0.15) is 0 Å². The van der Waals surface area contributed by atoms with Crippen molar-refractivity contribution in [1.29, 1.82) is 0 Å². The van der Waals surface area contributed by atoms with Gasteiger partial charge in [0.15, 0.2) is 0 Å². The SMILES string of the molecule is CON=C(C)c1cccc(C(C)(C)NC(=O)Nc2ccc(Cl)c(C(N)=O)c2)c1. The van der Waals surface area contributed by atoms with Crippen LogP contribution in [0.3, 0.4) is 0 Å². The van der Waals surface area contributed by atoms with Crippen LogP contribution in [0.4, 0.5) is 10.5 Å². The van der Waals surface area contributed by atoms with Crippen molar-refractivity contribution in [1.82, 2.24) is 5.32 Å². The van der Waals surface area contributed by atoms with Crippen LogP contribution in [0.15, 0.2) is 47.6 Å². The Morgan fingerprint density at radius 3 is 2.54 bits per heavy atom. The van der Waals surface area contributed by atoms with Gasteiger partial charge in [0, 0.05) is 5.69 Å². The minimum absolute atomic E-state index is 0.138. The normalized spacial score (nSPS) is 11.7. The monoisotopic (exact) mass is 402 g/mol. The van der Waals surface area contributed by atoms with Crippen LogP contribution >= 0.6 is 11.6 Å². The molecule has 2 aromatic rings. The molecule has 0 aliphatic rings. The number of benzene rings is 2. The Balaban J connectivity index is 2.17. The van der Waals surface area contributed by atoms with Crippen molar-refractivity contribution in [3.05, 3.63) is 64.2 Å². The van der Waals surface area contributed by atoms with Crippen LogP contribution < -0.4 is 16.4 Å². The lowest BCUT2D eigenvalue weighted by Crippen LogP contribution is -2.43. The molecular weight excluding hydrogens is 380 g/mol. The van der Waals surface area contributed by atoms with Gasteiger partial charge in [-0.3, -0.25) is 4.79 Å². The highest BCUT2D eigenvalue weighted by Gasteiger charge is 2.23. The number of urea groups is 1. The number of hydrogen-bond donors (Lipinski definition) is 3. The Labute approximate surface area is 168 Å². The average Bonchev–Trinajstić information content (AvgIpc) is 2.63. The van der Waals surface area contributed by atoms with E-state index in [4.69, 9.17) is 22.2 Å². The summed E-state index contributed by atoms with van der Waals surface area (Å²) in [6.07, 6.45) is 0. The average molecular weight is 403 g/mol. The fourth-order valence-electron chi connectivity index (χ4n) is 2.63. The number of halogens is 1. The number of anilines is 1. The van der Waals surface area contributed by atoms with Crippen molar-refractivity contribution in [3.63, 3.8) is 0 Å². The van der Waals surface area contributed by atoms with Crippen molar-refractivity contribution in [3.8, 4) is 0 Å². The van der Waals surface area contributed by atoms with Gasteiger partial charge in [-0.05, 0) is 56.2 Å². The van der Waals surface area contributed by atoms with Crippen LogP contribution in [0.1, 0.15) is 42.3 Å². The molecule has 0 radical (unpaired) electrons. The Kier molecular flexibility index (Phi) is 6.64. The maximum absolute atomic E-state index is 12.5. The fourth-order valence-corrected chi connectivity index (χ4v) is 2.84. The Hall–Kier alpha value is -3.06. The number of oxime groups is 1. The van der Waals surface area contributed by atoms with Gasteiger partial charge >= 0.3 is 6.03 Å². The molecule has 0 aromatic heterocycles. The second kappa shape index (κ2) is 8.75. The molecule has 0 fully saturated rings. The summed E-state index contributed by atoms with van der Waals surface area (Å²) in [7, 11) is 1.49. The molecule has 148 valence electrons. The summed E-state index contributed by atoms with van der Waals surface area (Å²) in [6.45, 7) is 5.60. The van der Waals surface area contributed by atoms with Gasteiger partial charge in [0.2, 0.25) is 5.91 Å². The predicted octanol–water partition coefficient (Wildman–Crippen LogP) is 3.87. The molecule has 0 spiro atoms. The van der Waals surface area contributed by atoms with Gasteiger partial charge in [0.1, 0.15) is 7.11 Å². The van der Waals surface area contributed by atoms with Crippen molar-refractivity contribution in [2.75, 3.05) is 12.4 Å². The molecule has 0 aliphatic heterocycles. The fraction of sp³-hybridized carbons (Fsp3) is 0.250. The number of carbonyl (C=O) groups excluding carboxylic acids is 2. The minimum atomic E-state index is -0.674. The summed E-state index contributed by atoms with van der Waals surface area (Å²) in [4.78, 5) is 28.7. The van der Waals surface area contributed by atoms with Crippen LogP contribution in [0.5, 0.6) is 0 Å². The first-order chi connectivity index (χ1) is 13.1. The standard InChI is InChI=1S/C20H23ClN4O3/c1-12(25-28-4)13-6-5-7-14(10-13)20(2,3)24-19(27)23-15-8-9-17(21)16(11-15)18(22)26/h5-11H,1-4H3,(H2,22,26)(H2,23,24,27). The minimum Gasteiger partial charge on any atom is -0.399 e. The highest BCUT2D eigenvalue weighted by Crippen LogP contribution is 2.23. The van der Waals surface area contributed by atoms with E-state index in [1.165, 1.54) is 19.2 Å². The zero-order valence-corrected chi connectivity index (χ0v) is 16.9. The number of nitrogens with zero attached hydrogens (tertiary/aromatic N) is 1. The molecule has 2 rings (SSSR count). The number of nitrogens with one attached hydrogen (secondary N) is 2. The summed E-state index contributed by atoms with van der Waals surface area (Å²) >= 11 is 5.93. The van der Waals surface area contributed by atoms with Crippen molar-refractivity contribution < 1.29 is 14.4 Å². The van der Waals surface area contributed by atoms with Crippen LogP contribution in [0.25, 0.3) is 0 Å². The smallest absolute Gasteiger partial charge is 0.319 e. The number of rotatable bonds is 6. The van der Waals surface area contributed by atoms with E-state index in [0.29, 0.717) is 5.69 Å². The summed E-state index contributed by atoms with van der Waals surface area (Å²) < 4.78 is 0. The molecule has 28 heavy (non-hydrogen) atoms. The van der Waals surface area contributed by atoms with Crippen molar-refractivity contribution in [2.45, 2.75) is 26.3 Å². The van der Waals surface area contributed by atoms with E-state index in [9.17, 15) is 9.59 Å². The molecule has 8 heteroatoms. The van der Waals surface area contributed by atoms with Crippen LogP contribution in [-0.2, 0) is 10.4 Å². The number of nitrogens with two attached hydrogens (primary N) is 1. The van der Waals surface area contributed by atoms with Gasteiger partial charge in [0.25, 0.3) is 0 Å². The van der Waals surface area contributed by atoms with E-state index < -0.39 is 17.5 Å². The molecule has 0 unspecified atom stereocenters. The molecule has 3 amide bonds. The third-order valence-corrected chi connectivity index (χ3v) is 4.48. The zero-order valence-electron chi connectivity index (χ0n) is 16.2. The molecule has 2 aromatic carbocycles.